The van der Waals surface area contributed by atoms with Gasteiger partial charge in [-0.3, -0.25) is 4.99 Å². The summed E-state index contributed by atoms with van der Waals surface area (Å²) in [5, 5.41) is 3.55. The number of nitrogens with zero attached hydrogens (tertiary/aromatic N) is 2. The van der Waals surface area contributed by atoms with Crippen LogP contribution < -0.4 is 5.32 Å². The van der Waals surface area contributed by atoms with Crippen LogP contribution in [-0.4, -0.2) is 56.5 Å². The molecule has 4 rings (SSSR count). The van der Waals surface area contributed by atoms with E-state index in [0.29, 0.717) is 19.0 Å². The van der Waals surface area contributed by atoms with E-state index in [1.807, 2.05) is 7.05 Å². The number of nitrogens with one attached hydrogen (secondary N) is 1. The van der Waals surface area contributed by atoms with E-state index in [4.69, 9.17) is 0 Å². The zero-order valence-corrected chi connectivity index (χ0v) is 17.1. The van der Waals surface area contributed by atoms with Crippen molar-refractivity contribution in [1.29, 1.82) is 0 Å². The van der Waals surface area contributed by atoms with Gasteiger partial charge >= 0.3 is 0 Å². The lowest BCUT2D eigenvalue weighted by Gasteiger charge is -2.45. The van der Waals surface area contributed by atoms with E-state index in [0.717, 1.165) is 51.0 Å². The van der Waals surface area contributed by atoms with Gasteiger partial charge in [0.25, 0.3) is 0 Å². The van der Waals surface area contributed by atoms with E-state index in [-0.39, 0.29) is 5.75 Å². The smallest absolute Gasteiger partial charge is 0.193 e. The van der Waals surface area contributed by atoms with Crippen LogP contribution in [0.2, 0.25) is 0 Å². The Morgan fingerprint density at radius 2 is 2.04 bits per heavy atom. The fourth-order valence-electron chi connectivity index (χ4n) is 5.22. The minimum Gasteiger partial charge on any atom is -0.356 e. The Morgan fingerprint density at radius 3 is 2.81 bits per heavy atom. The van der Waals surface area contributed by atoms with Crippen molar-refractivity contribution in [2.75, 3.05) is 32.4 Å². The second kappa shape index (κ2) is 7.46. The molecule has 1 saturated carbocycles. The minimum absolute atomic E-state index is 0.250. The number of aliphatic imine (C=N–C) groups is 1. The van der Waals surface area contributed by atoms with Crippen LogP contribution in [0.1, 0.15) is 55.6 Å². The molecule has 1 unspecified atom stereocenters. The van der Waals surface area contributed by atoms with Crippen molar-refractivity contribution in [3.05, 3.63) is 35.4 Å². The minimum atomic E-state index is -3.02. The molecule has 1 spiro atoms. The van der Waals surface area contributed by atoms with Gasteiger partial charge in [0, 0.05) is 32.6 Å². The first-order valence-electron chi connectivity index (χ1n) is 10.3. The highest BCUT2D eigenvalue weighted by Gasteiger charge is 2.48. The molecular weight excluding hydrogens is 358 g/mol. The Bertz CT molecular complexity index is 812. The number of sulfone groups is 1. The lowest BCUT2D eigenvalue weighted by molar-refractivity contribution is 0.273. The van der Waals surface area contributed by atoms with Gasteiger partial charge in [-0.15, -0.1) is 0 Å². The molecule has 5 nitrogen and oxygen atoms in total. The molecule has 148 valence electrons. The first-order chi connectivity index (χ1) is 13.0. The van der Waals surface area contributed by atoms with Crippen LogP contribution in [0.25, 0.3) is 0 Å². The molecule has 1 atom stereocenters. The van der Waals surface area contributed by atoms with Gasteiger partial charge in [-0.25, -0.2) is 8.42 Å². The van der Waals surface area contributed by atoms with Gasteiger partial charge in [0.05, 0.1) is 10.5 Å². The average molecular weight is 390 g/mol. The monoisotopic (exact) mass is 389 g/mol. The molecule has 1 aromatic rings. The summed E-state index contributed by atoms with van der Waals surface area (Å²) in [7, 11) is -1.21. The van der Waals surface area contributed by atoms with E-state index in [1.54, 1.807) is 0 Å². The number of fused-ring (bicyclic) bond motifs is 1. The Labute approximate surface area is 163 Å². The maximum atomic E-state index is 12.8. The van der Waals surface area contributed by atoms with Crippen LogP contribution in [0.4, 0.5) is 0 Å². The third-order valence-corrected chi connectivity index (χ3v) is 9.39. The van der Waals surface area contributed by atoms with E-state index >= 15 is 0 Å². The van der Waals surface area contributed by atoms with Gasteiger partial charge in [-0.2, -0.15) is 0 Å². The molecule has 6 heteroatoms. The molecule has 0 radical (unpaired) electrons. The molecule has 0 amide bonds. The highest BCUT2D eigenvalue weighted by atomic mass is 32.2. The number of hydrogen-bond acceptors (Lipinski definition) is 3. The zero-order valence-electron chi connectivity index (χ0n) is 16.3. The number of hydrogen-bond donors (Lipinski definition) is 1. The summed E-state index contributed by atoms with van der Waals surface area (Å²) in [6, 6.07) is 8.70. The quantitative estimate of drug-likeness (QED) is 0.624. The molecule has 1 N–H and O–H groups in total. The SMILES string of the molecule is CN=C(NCC1CCc2ccccc21)N1CCS(=O)(=O)C2(CCCCC2)C1. The van der Waals surface area contributed by atoms with Gasteiger partial charge in [0.15, 0.2) is 15.8 Å². The highest BCUT2D eigenvalue weighted by molar-refractivity contribution is 7.92. The molecule has 27 heavy (non-hydrogen) atoms. The third kappa shape index (κ3) is 3.48. The van der Waals surface area contributed by atoms with Crippen LogP contribution in [0, 0.1) is 0 Å². The van der Waals surface area contributed by atoms with Gasteiger partial charge < -0.3 is 10.2 Å². The van der Waals surface area contributed by atoms with Crippen LogP contribution in [0.5, 0.6) is 0 Å². The molecule has 1 aromatic carbocycles. The van der Waals surface area contributed by atoms with Gasteiger partial charge in [0.2, 0.25) is 0 Å². The summed E-state index contributed by atoms with van der Waals surface area (Å²) >= 11 is 0. The average Bonchev–Trinajstić information content (AvgIpc) is 3.09. The maximum Gasteiger partial charge on any atom is 0.193 e. The Kier molecular flexibility index (Phi) is 5.19. The summed E-state index contributed by atoms with van der Waals surface area (Å²) in [5.74, 6) is 1.62. The number of aryl methyl sites for hydroxylation is 1. The molecule has 2 aliphatic carbocycles. The predicted molar refractivity (Wildman–Crippen MR) is 110 cm³/mol. The van der Waals surface area contributed by atoms with E-state index in [1.165, 1.54) is 17.5 Å². The van der Waals surface area contributed by atoms with Crippen molar-refractivity contribution in [3.63, 3.8) is 0 Å². The first kappa shape index (κ1) is 18.8. The van der Waals surface area contributed by atoms with E-state index < -0.39 is 14.6 Å². The number of rotatable bonds is 2. The van der Waals surface area contributed by atoms with Crippen molar-refractivity contribution < 1.29 is 8.42 Å². The largest absolute Gasteiger partial charge is 0.356 e. The fourth-order valence-corrected chi connectivity index (χ4v) is 7.38. The standard InChI is InChI=1S/C21H31N3O2S/c1-22-20(23-15-18-10-9-17-7-3-4-8-19(17)18)24-13-14-27(25,26)21(16-24)11-5-2-6-12-21/h3-4,7-8,18H,2,5-6,9-16H2,1H3,(H,22,23). The lowest BCUT2D eigenvalue weighted by atomic mass is 9.87. The Hall–Kier alpha value is -1.56. The number of guanidine groups is 1. The Morgan fingerprint density at radius 1 is 1.26 bits per heavy atom. The normalized spacial score (nSPS) is 26.8. The summed E-state index contributed by atoms with van der Waals surface area (Å²) < 4.78 is 25.1. The van der Waals surface area contributed by atoms with Gasteiger partial charge in [-0.05, 0) is 36.8 Å². The lowest BCUT2D eigenvalue weighted by Crippen LogP contribution is -2.60. The molecular formula is C21H31N3O2S. The zero-order chi connectivity index (χ0) is 18.9. The predicted octanol–water partition coefficient (Wildman–Crippen LogP) is 2.73. The third-order valence-electron chi connectivity index (χ3n) is 6.81. The first-order valence-corrected chi connectivity index (χ1v) is 12.0. The molecule has 0 aromatic heterocycles. The summed E-state index contributed by atoms with van der Waals surface area (Å²) in [5.41, 5.74) is 2.91. The molecule has 1 heterocycles. The van der Waals surface area contributed by atoms with Crippen molar-refractivity contribution in [3.8, 4) is 0 Å². The van der Waals surface area contributed by atoms with Crippen molar-refractivity contribution in [2.24, 2.45) is 4.99 Å². The second-order valence-electron chi connectivity index (χ2n) is 8.35. The van der Waals surface area contributed by atoms with Crippen LogP contribution >= 0.6 is 0 Å². The van der Waals surface area contributed by atoms with Crippen LogP contribution in [-0.2, 0) is 16.3 Å². The molecule has 3 aliphatic rings. The summed E-state index contributed by atoms with van der Waals surface area (Å²) in [6.07, 6.45) is 7.13. The Balaban J connectivity index is 1.44. The van der Waals surface area contributed by atoms with Crippen LogP contribution in [0.15, 0.2) is 29.3 Å². The van der Waals surface area contributed by atoms with E-state index in [9.17, 15) is 8.42 Å². The highest BCUT2D eigenvalue weighted by Crippen LogP contribution is 2.39. The van der Waals surface area contributed by atoms with Crippen molar-refractivity contribution in [1.82, 2.24) is 10.2 Å². The molecule has 2 fully saturated rings. The van der Waals surface area contributed by atoms with Gasteiger partial charge in [-0.1, -0.05) is 43.5 Å². The second-order valence-corrected chi connectivity index (χ2v) is 10.9. The maximum absolute atomic E-state index is 12.8. The summed E-state index contributed by atoms with van der Waals surface area (Å²) in [6.45, 7) is 2.00. The van der Waals surface area contributed by atoms with Gasteiger partial charge in [0.1, 0.15) is 0 Å². The topological polar surface area (TPSA) is 61.8 Å². The van der Waals surface area contributed by atoms with Crippen LogP contribution in [0.3, 0.4) is 0 Å². The number of benzene rings is 1. The van der Waals surface area contributed by atoms with Crippen molar-refractivity contribution in [2.45, 2.75) is 55.6 Å². The fraction of sp³-hybridized carbons (Fsp3) is 0.667. The molecule has 0 bridgehead atoms. The summed E-state index contributed by atoms with van der Waals surface area (Å²) in [4.78, 5) is 6.68. The van der Waals surface area contributed by atoms with Crippen molar-refractivity contribution >= 4 is 15.8 Å². The molecule has 1 aliphatic heterocycles. The van der Waals surface area contributed by atoms with E-state index in [2.05, 4.69) is 39.5 Å². The molecule has 1 saturated heterocycles.